The molecule has 0 radical (unpaired) electrons. The molecule has 0 fully saturated rings. The summed E-state index contributed by atoms with van der Waals surface area (Å²) >= 11 is 5.97. The van der Waals surface area contributed by atoms with E-state index in [9.17, 15) is 18.3 Å². The zero-order valence-electron chi connectivity index (χ0n) is 14.4. The van der Waals surface area contributed by atoms with Gasteiger partial charge in [0.05, 0.1) is 24.8 Å². The standard InChI is InChI=1S/C17H18ClNO6S/c1-11-8-13(5-7-15(11)24-2)26(22,23)19(10-17(20)21)14-9-12(18)4-6-16(14)25-3/h4-9H,10H2,1-3H3,(H,20,21). The van der Waals surface area contributed by atoms with Crippen LogP contribution < -0.4 is 13.8 Å². The second kappa shape index (κ2) is 7.84. The zero-order chi connectivity index (χ0) is 19.5. The van der Waals surface area contributed by atoms with Gasteiger partial charge < -0.3 is 14.6 Å². The van der Waals surface area contributed by atoms with Crippen LogP contribution in [0.5, 0.6) is 11.5 Å². The van der Waals surface area contributed by atoms with E-state index in [0.29, 0.717) is 11.3 Å². The molecule has 0 aliphatic carbocycles. The molecule has 0 amide bonds. The third-order valence-corrected chi connectivity index (χ3v) is 5.63. The van der Waals surface area contributed by atoms with Crippen molar-refractivity contribution in [3.05, 3.63) is 47.0 Å². The van der Waals surface area contributed by atoms with Gasteiger partial charge in [0.15, 0.2) is 0 Å². The van der Waals surface area contributed by atoms with Gasteiger partial charge in [0.25, 0.3) is 10.0 Å². The molecule has 2 aromatic carbocycles. The first-order valence-electron chi connectivity index (χ1n) is 7.43. The lowest BCUT2D eigenvalue weighted by molar-refractivity contribution is -0.135. The molecule has 0 aromatic heterocycles. The molecule has 2 rings (SSSR count). The molecule has 0 atom stereocenters. The maximum Gasteiger partial charge on any atom is 0.324 e. The van der Waals surface area contributed by atoms with Gasteiger partial charge in [-0.3, -0.25) is 9.10 Å². The fourth-order valence-electron chi connectivity index (χ4n) is 2.42. The van der Waals surface area contributed by atoms with Crippen molar-refractivity contribution >= 4 is 33.3 Å². The summed E-state index contributed by atoms with van der Waals surface area (Å²) in [6.45, 7) is 0.906. The summed E-state index contributed by atoms with van der Waals surface area (Å²) in [7, 11) is -1.35. The molecule has 0 saturated carbocycles. The van der Waals surface area contributed by atoms with Gasteiger partial charge in [-0.25, -0.2) is 8.42 Å². The van der Waals surface area contributed by atoms with Crippen LogP contribution in [0.15, 0.2) is 41.3 Å². The Bertz CT molecular complexity index is 929. The van der Waals surface area contributed by atoms with Gasteiger partial charge in [-0.2, -0.15) is 0 Å². The number of hydrogen-bond donors (Lipinski definition) is 1. The molecule has 9 heteroatoms. The van der Waals surface area contributed by atoms with Gasteiger partial charge >= 0.3 is 5.97 Å². The molecule has 1 N–H and O–H groups in total. The average Bonchev–Trinajstić information content (AvgIpc) is 2.59. The van der Waals surface area contributed by atoms with E-state index in [1.54, 1.807) is 6.92 Å². The van der Waals surface area contributed by atoms with Gasteiger partial charge in [0.1, 0.15) is 18.0 Å². The monoisotopic (exact) mass is 399 g/mol. The molecule has 7 nitrogen and oxygen atoms in total. The molecule has 0 aliphatic heterocycles. The fraction of sp³-hybridized carbons (Fsp3) is 0.235. The Hall–Kier alpha value is -2.45. The first-order chi connectivity index (χ1) is 12.2. The number of benzene rings is 2. The molecule has 140 valence electrons. The highest BCUT2D eigenvalue weighted by Gasteiger charge is 2.30. The van der Waals surface area contributed by atoms with Crippen LogP contribution in [0.3, 0.4) is 0 Å². The quantitative estimate of drug-likeness (QED) is 0.769. The molecule has 0 heterocycles. The number of ether oxygens (including phenoxy) is 2. The number of aliphatic carboxylic acids is 1. The number of methoxy groups -OCH3 is 2. The number of hydrogen-bond acceptors (Lipinski definition) is 5. The van der Waals surface area contributed by atoms with E-state index >= 15 is 0 Å². The molecule has 0 saturated heterocycles. The first-order valence-corrected chi connectivity index (χ1v) is 9.25. The van der Waals surface area contributed by atoms with Crippen LogP contribution in [-0.2, 0) is 14.8 Å². The van der Waals surface area contributed by atoms with E-state index in [-0.39, 0.29) is 21.4 Å². The van der Waals surface area contributed by atoms with Crippen molar-refractivity contribution in [1.29, 1.82) is 0 Å². The van der Waals surface area contributed by atoms with Crippen LogP contribution in [-0.4, -0.2) is 40.3 Å². The van der Waals surface area contributed by atoms with Gasteiger partial charge in [0.2, 0.25) is 0 Å². The molecular weight excluding hydrogens is 382 g/mol. The van der Waals surface area contributed by atoms with Crippen molar-refractivity contribution in [3.8, 4) is 11.5 Å². The molecule has 2 aromatic rings. The SMILES string of the molecule is COc1ccc(S(=O)(=O)N(CC(=O)O)c2cc(Cl)ccc2OC)cc1C. The predicted octanol–water partition coefficient (Wildman–Crippen LogP) is 2.95. The van der Waals surface area contributed by atoms with Crippen LogP contribution in [0.1, 0.15) is 5.56 Å². The number of carboxylic acid groups (broad SMARTS) is 1. The number of rotatable bonds is 7. The highest BCUT2D eigenvalue weighted by molar-refractivity contribution is 7.92. The summed E-state index contributed by atoms with van der Waals surface area (Å²) in [5.74, 6) is -0.612. The van der Waals surface area contributed by atoms with Crippen molar-refractivity contribution in [2.45, 2.75) is 11.8 Å². The van der Waals surface area contributed by atoms with E-state index in [4.69, 9.17) is 21.1 Å². The Morgan fingerprint density at radius 3 is 2.27 bits per heavy atom. The van der Waals surface area contributed by atoms with E-state index in [0.717, 1.165) is 4.31 Å². The Morgan fingerprint density at radius 1 is 1.12 bits per heavy atom. The van der Waals surface area contributed by atoms with Gasteiger partial charge in [0, 0.05) is 5.02 Å². The van der Waals surface area contributed by atoms with Crippen molar-refractivity contribution in [3.63, 3.8) is 0 Å². The average molecular weight is 400 g/mol. The van der Waals surface area contributed by atoms with Gasteiger partial charge in [-0.05, 0) is 48.9 Å². The number of carboxylic acids is 1. The topological polar surface area (TPSA) is 93.1 Å². The lowest BCUT2D eigenvalue weighted by Gasteiger charge is -2.25. The van der Waals surface area contributed by atoms with Crippen molar-refractivity contribution in [2.75, 3.05) is 25.1 Å². The molecule has 0 unspecified atom stereocenters. The fourth-order valence-corrected chi connectivity index (χ4v) is 4.09. The number of halogens is 1. The van der Waals surface area contributed by atoms with Crippen LogP contribution in [0.25, 0.3) is 0 Å². The highest BCUT2D eigenvalue weighted by atomic mass is 35.5. The van der Waals surface area contributed by atoms with Crippen LogP contribution in [0, 0.1) is 6.92 Å². The Kier molecular flexibility index (Phi) is 5.99. The molecule has 0 bridgehead atoms. The molecule has 0 spiro atoms. The highest BCUT2D eigenvalue weighted by Crippen LogP contribution is 2.35. The second-order valence-corrected chi connectivity index (χ2v) is 7.65. The smallest absolute Gasteiger partial charge is 0.324 e. The van der Waals surface area contributed by atoms with E-state index in [1.807, 2.05) is 0 Å². The maximum atomic E-state index is 13.1. The Balaban J connectivity index is 2.64. The summed E-state index contributed by atoms with van der Waals surface area (Å²) in [6, 6.07) is 8.62. The molecule has 0 aliphatic rings. The lowest BCUT2D eigenvalue weighted by Crippen LogP contribution is -2.36. The summed E-state index contributed by atoms with van der Waals surface area (Å²) < 4.78 is 37.3. The van der Waals surface area contributed by atoms with E-state index in [2.05, 4.69) is 0 Å². The number of aryl methyl sites for hydroxylation is 1. The summed E-state index contributed by atoms with van der Waals surface area (Å²) in [4.78, 5) is 11.2. The zero-order valence-corrected chi connectivity index (χ0v) is 16.0. The Morgan fingerprint density at radius 2 is 1.73 bits per heavy atom. The van der Waals surface area contributed by atoms with Crippen LogP contribution >= 0.6 is 11.6 Å². The number of sulfonamides is 1. The summed E-state index contributed by atoms with van der Waals surface area (Å²) in [5.41, 5.74) is 0.637. The molecule has 26 heavy (non-hydrogen) atoms. The first kappa shape index (κ1) is 19.9. The van der Waals surface area contributed by atoms with Crippen molar-refractivity contribution < 1.29 is 27.8 Å². The minimum atomic E-state index is -4.19. The minimum absolute atomic E-state index is 0.0378. The van der Waals surface area contributed by atoms with E-state index < -0.39 is 22.5 Å². The summed E-state index contributed by atoms with van der Waals surface area (Å²) in [5, 5.41) is 9.47. The third kappa shape index (κ3) is 4.03. The minimum Gasteiger partial charge on any atom is -0.496 e. The normalized spacial score (nSPS) is 11.1. The predicted molar refractivity (Wildman–Crippen MR) is 97.9 cm³/mol. The van der Waals surface area contributed by atoms with Crippen LogP contribution in [0.2, 0.25) is 5.02 Å². The largest absolute Gasteiger partial charge is 0.496 e. The lowest BCUT2D eigenvalue weighted by atomic mass is 10.2. The number of anilines is 1. The van der Waals surface area contributed by atoms with Gasteiger partial charge in [-0.1, -0.05) is 11.6 Å². The van der Waals surface area contributed by atoms with Crippen molar-refractivity contribution in [1.82, 2.24) is 0 Å². The van der Waals surface area contributed by atoms with Crippen molar-refractivity contribution in [2.24, 2.45) is 0 Å². The maximum absolute atomic E-state index is 13.1. The third-order valence-electron chi connectivity index (χ3n) is 3.64. The van der Waals surface area contributed by atoms with Gasteiger partial charge in [-0.15, -0.1) is 0 Å². The van der Waals surface area contributed by atoms with E-state index in [1.165, 1.54) is 50.6 Å². The Labute approximate surface area is 156 Å². The van der Waals surface area contributed by atoms with Crippen LogP contribution in [0.4, 0.5) is 5.69 Å². The number of nitrogens with zero attached hydrogens (tertiary/aromatic N) is 1. The second-order valence-electron chi connectivity index (χ2n) is 5.35. The molecular formula is C17H18ClNO6S. The number of carbonyl (C=O) groups is 1. The summed E-state index contributed by atoms with van der Waals surface area (Å²) in [6.07, 6.45) is 0.